The number of ether oxygens (including phenoxy) is 1. The van der Waals surface area contributed by atoms with Crippen LogP contribution in [0.3, 0.4) is 0 Å². The quantitative estimate of drug-likeness (QED) is 0.781. The highest BCUT2D eigenvalue weighted by atomic mass is 35.5. The zero-order valence-electron chi connectivity index (χ0n) is 11.9. The van der Waals surface area contributed by atoms with E-state index in [2.05, 4.69) is 0 Å². The average Bonchev–Trinajstić information content (AvgIpc) is 2.45. The largest absolute Gasteiger partial charge is 0.416 e. The SMILES string of the molecule is Cl.N[C@@H](c1cc(C(F)(F)F)ccc1C(F)(F)F)C1CCOCC1. The number of hydrogen-bond acceptors (Lipinski definition) is 2. The van der Waals surface area contributed by atoms with Crippen LogP contribution in [0, 0.1) is 5.92 Å². The first-order valence-electron chi connectivity index (χ1n) is 6.72. The van der Waals surface area contributed by atoms with E-state index >= 15 is 0 Å². The van der Waals surface area contributed by atoms with Gasteiger partial charge in [0.05, 0.1) is 11.1 Å². The summed E-state index contributed by atoms with van der Waals surface area (Å²) in [4.78, 5) is 0. The highest BCUT2D eigenvalue weighted by molar-refractivity contribution is 5.85. The minimum Gasteiger partial charge on any atom is -0.381 e. The minimum atomic E-state index is -4.75. The molecule has 9 heteroatoms. The zero-order valence-corrected chi connectivity index (χ0v) is 12.7. The van der Waals surface area contributed by atoms with Crippen molar-refractivity contribution in [2.75, 3.05) is 13.2 Å². The summed E-state index contributed by atoms with van der Waals surface area (Å²) in [6, 6.07) is 0.298. The minimum absolute atomic E-state index is 0. The van der Waals surface area contributed by atoms with E-state index in [-0.39, 0.29) is 18.3 Å². The standard InChI is InChI=1S/C14H15F6NO.ClH/c15-13(16,17)9-1-2-11(14(18,19)20)10(7-9)12(21)8-3-5-22-6-4-8;/h1-2,7-8,12H,3-6,21H2;1H/t12-;/m1./s1. The van der Waals surface area contributed by atoms with Crippen LogP contribution in [0.1, 0.15) is 35.6 Å². The lowest BCUT2D eigenvalue weighted by atomic mass is 9.85. The van der Waals surface area contributed by atoms with Crippen LogP contribution in [0.15, 0.2) is 18.2 Å². The molecule has 2 nitrogen and oxygen atoms in total. The van der Waals surface area contributed by atoms with E-state index in [4.69, 9.17) is 10.5 Å². The fourth-order valence-corrected chi connectivity index (χ4v) is 2.60. The molecule has 0 amide bonds. The Hall–Kier alpha value is -0.990. The van der Waals surface area contributed by atoms with Crippen molar-refractivity contribution >= 4 is 12.4 Å². The molecule has 1 aliphatic heterocycles. The first kappa shape index (κ1) is 20.1. The molecule has 23 heavy (non-hydrogen) atoms. The van der Waals surface area contributed by atoms with Crippen molar-refractivity contribution in [1.29, 1.82) is 0 Å². The van der Waals surface area contributed by atoms with Crippen LogP contribution in [-0.4, -0.2) is 13.2 Å². The van der Waals surface area contributed by atoms with Gasteiger partial charge < -0.3 is 10.5 Å². The fourth-order valence-electron chi connectivity index (χ4n) is 2.60. The molecule has 1 atom stereocenters. The maximum absolute atomic E-state index is 13.0. The van der Waals surface area contributed by atoms with Crippen LogP contribution in [0.2, 0.25) is 0 Å². The first-order chi connectivity index (χ1) is 10.1. The third-order valence-electron chi connectivity index (χ3n) is 3.82. The number of alkyl halides is 6. The summed E-state index contributed by atoms with van der Waals surface area (Å²) in [7, 11) is 0. The Morgan fingerprint density at radius 2 is 1.57 bits per heavy atom. The lowest BCUT2D eigenvalue weighted by molar-refractivity contribution is -0.142. The van der Waals surface area contributed by atoms with Gasteiger partial charge in [0.15, 0.2) is 0 Å². The van der Waals surface area contributed by atoms with Crippen molar-refractivity contribution in [2.24, 2.45) is 11.7 Å². The normalized spacial score (nSPS) is 18.4. The summed E-state index contributed by atoms with van der Waals surface area (Å²) in [5, 5.41) is 0. The first-order valence-corrected chi connectivity index (χ1v) is 6.72. The van der Waals surface area contributed by atoms with Crippen LogP contribution in [0.4, 0.5) is 26.3 Å². The lowest BCUT2D eigenvalue weighted by Gasteiger charge is -2.30. The molecule has 0 radical (unpaired) electrons. The van der Waals surface area contributed by atoms with Gasteiger partial charge in [-0.05, 0) is 42.5 Å². The van der Waals surface area contributed by atoms with Crippen molar-refractivity contribution in [1.82, 2.24) is 0 Å². The molecule has 0 bridgehead atoms. The molecule has 0 aromatic heterocycles. The van der Waals surface area contributed by atoms with Gasteiger partial charge in [-0.1, -0.05) is 0 Å². The van der Waals surface area contributed by atoms with Crippen LogP contribution < -0.4 is 5.73 Å². The molecular weight excluding hydrogens is 348 g/mol. The second kappa shape index (κ2) is 7.27. The molecule has 0 saturated carbocycles. The highest BCUT2D eigenvalue weighted by Gasteiger charge is 2.39. The van der Waals surface area contributed by atoms with E-state index in [0.717, 1.165) is 0 Å². The molecule has 0 spiro atoms. The summed E-state index contributed by atoms with van der Waals surface area (Å²) in [5.74, 6) is -0.335. The molecule has 2 N–H and O–H groups in total. The van der Waals surface area contributed by atoms with Crippen molar-refractivity contribution in [2.45, 2.75) is 31.2 Å². The van der Waals surface area contributed by atoms with E-state index in [0.29, 0.717) is 44.3 Å². The van der Waals surface area contributed by atoms with Gasteiger partial charge >= 0.3 is 12.4 Å². The molecule has 1 aromatic carbocycles. The molecule has 1 heterocycles. The predicted octanol–water partition coefficient (Wildman–Crippen LogP) is 4.57. The molecule has 1 saturated heterocycles. The monoisotopic (exact) mass is 363 g/mol. The van der Waals surface area contributed by atoms with Gasteiger partial charge in [0.1, 0.15) is 0 Å². The Balaban J connectivity index is 0.00000264. The van der Waals surface area contributed by atoms with Gasteiger partial charge in [0.25, 0.3) is 0 Å². The van der Waals surface area contributed by atoms with Crippen LogP contribution in [-0.2, 0) is 17.1 Å². The van der Waals surface area contributed by atoms with Crippen molar-refractivity contribution in [3.63, 3.8) is 0 Å². The molecular formula is C14H16ClF6NO. The van der Waals surface area contributed by atoms with Crippen LogP contribution in [0.25, 0.3) is 0 Å². The Labute approximate surface area is 135 Å². The smallest absolute Gasteiger partial charge is 0.381 e. The van der Waals surface area contributed by atoms with E-state index in [1.54, 1.807) is 0 Å². The van der Waals surface area contributed by atoms with Gasteiger partial charge in [0, 0.05) is 19.3 Å². The lowest BCUT2D eigenvalue weighted by Crippen LogP contribution is -2.29. The average molecular weight is 364 g/mol. The highest BCUT2D eigenvalue weighted by Crippen LogP contribution is 2.40. The number of nitrogens with two attached hydrogens (primary N) is 1. The topological polar surface area (TPSA) is 35.2 Å². The van der Waals surface area contributed by atoms with Gasteiger partial charge in [-0.3, -0.25) is 0 Å². The molecule has 1 aliphatic rings. The van der Waals surface area contributed by atoms with Gasteiger partial charge in [-0.25, -0.2) is 0 Å². The number of hydrogen-bond donors (Lipinski definition) is 1. The van der Waals surface area contributed by atoms with Gasteiger partial charge in [-0.15, -0.1) is 12.4 Å². The van der Waals surface area contributed by atoms with Crippen molar-refractivity contribution in [3.8, 4) is 0 Å². The summed E-state index contributed by atoms with van der Waals surface area (Å²) >= 11 is 0. The summed E-state index contributed by atoms with van der Waals surface area (Å²) in [6.45, 7) is 0.692. The summed E-state index contributed by atoms with van der Waals surface area (Å²) in [6.07, 6.45) is -8.61. The predicted molar refractivity (Wildman–Crippen MR) is 74.2 cm³/mol. The van der Waals surface area contributed by atoms with Crippen molar-refractivity contribution in [3.05, 3.63) is 34.9 Å². The second-order valence-corrected chi connectivity index (χ2v) is 5.27. The Bertz CT molecular complexity index is 525. The number of rotatable bonds is 2. The molecule has 1 aromatic rings. The van der Waals surface area contributed by atoms with E-state index in [1.807, 2.05) is 0 Å². The van der Waals surface area contributed by atoms with E-state index in [9.17, 15) is 26.3 Å². The van der Waals surface area contributed by atoms with Crippen LogP contribution in [0.5, 0.6) is 0 Å². The van der Waals surface area contributed by atoms with E-state index < -0.39 is 35.1 Å². The molecule has 2 rings (SSSR count). The zero-order chi connectivity index (χ0) is 16.5. The van der Waals surface area contributed by atoms with Gasteiger partial charge in [0.2, 0.25) is 0 Å². The number of halogens is 7. The molecule has 0 unspecified atom stereocenters. The molecule has 0 aliphatic carbocycles. The molecule has 1 fully saturated rings. The third-order valence-corrected chi connectivity index (χ3v) is 3.82. The summed E-state index contributed by atoms with van der Waals surface area (Å²) < 4.78 is 82.5. The Kier molecular flexibility index (Phi) is 6.34. The maximum atomic E-state index is 13.0. The summed E-state index contributed by atoms with van der Waals surface area (Å²) in [5.41, 5.74) is 3.11. The van der Waals surface area contributed by atoms with E-state index in [1.165, 1.54) is 0 Å². The Morgan fingerprint density at radius 1 is 1.00 bits per heavy atom. The second-order valence-electron chi connectivity index (χ2n) is 5.27. The maximum Gasteiger partial charge on any atom is 0.416 e. The van der Waals surface area contributed by atoms with Crippen LogP contribution >= 0.6 is 12.4 Å². The van der Waals surface area contributed by atoms with Crippen molar-refractivity contribution < 1.29 is 31.1 Å². The third kappa shape index (κ3) is 4.74. The van der Waals surface area contributed by atoms with Gasteiger partial charge in [-0.2, -0.15) is 26.3 Å². The fraction of sp³-hybridized carbons (Fsp3) is 0.571. The molecule has 132 valence electrons. The number of benzene rings is 1. The Morgan fingerprint density at radius 3 is 2.04 bits per heavy atom.